The van der Waals surface area contributed by atoms with Crippen molar-refractivity contribution in [2.45, 2.75) is 9.97 Å². The van der Waals surface area contributed by atoms with Crippen LogP contribution in [0.3, 0.4) is 0 Å². The third-order valence-electron chi connectivity index (χ3n) is 1.54. The molecule has 0 saturated carbocycles. The zero-order valence-corrected chi connectivity index (χ0v) is 8.84. The van der Waals surface area contributed by atoms with Gasteiger partial charge in [-0.1, -0.05) is 47.5 Å². The summed E-state index contributed by atoms with van der Waals surface area (Å²) in [6, 6.07) is 4.01. The molecule has 0 aliphatic heterocycles. The zero-order valence-electron chi connectivity index (χ0n) is 6.58. The van der Waals surface area contributed by atoms with E-state index in [4.69, 9.17) is 34.8 Å². The van der Waals surface area contributed by atoms with E-state index in [-0.39, 0.29) is 5.56 Å². The number of halogens is 6. The molecule has 1 aromatic carbocycles. The van der Waals surface area contributed by atoms with Crippen LogP contribution in [-0.2, 0) is 9.97 Å². The molecule has 0 atom stereocenters. The van der Waals surface area contributed by atoms with Crippen molar-refractivity contribution in [3.05, 3.63) is 35.4 Å². The van der Waals surface area contributed by atoms with Crippen molar-refractivity contribution in [3.63, 3.8) is 0 Å². The maximum absolute atomic E-state index is 12.9. The number of hydrogen-bond acceptors (Lipinski definition) is 0. The van der Waals surface area contributed by atoms with Gasteiger partial charge in [-0.2, -0.15) is 8.78 Å². The van der Waals surface area contributed by atoms with Gasteiger partial charge in [-0.3, -0.25) is 0 Å². The van der Waals surface area contributed by atoms with E-state index in [1.807, 2.05) is 0 Å². The van der Waals surface area contributed by atoms with Gasteiger partial charge in [0.1, 0.15) is 0 Å². The number of alkyl halides is 6. The number of rotatable bonds is 2. The van der Waals surface area contributed by atoms with Crippen molar-refractivity contribution < 1.29 is 13.2 Å². The highest BCUT2D eigenvalue weighted by Crippen LogP contribution is 2.37. The van der Waals surface area contributed by atoms with Crippen molar-refractivity contribution in [2.75, 3.05) is 0 Å². The summed E-state index contributed by atoms with van der Waals surface area (Å²) in [5, 5.41) is -3.48. The second-order valence-electron chi connectivity index (χ2n) is 2.57. The Hall–Kier alpha value is -0.120. The van der Waals surface area contributed by atoms with Gasteiger partial charge in [0.05, 0.1) is 0 Å². The fourth-order valence-corrected chi connectivity index (χ4v) is 1.23. The van der Waals surface area contributed by atoms with Crippen molar-refractivity contribution in [1.29, 1.82) is 0 Å². The molecule has 0 saturated heterocycles. The molecule has 0 N–H and O–H groups in total. The standard InChI is InChI=1S/C8H4Cl3F3/c9-7(10,12)5-1-3-6(4-2-5)8(11,13)14/h1-4H. The monoisotopic (exact) mass is 262 g/mol. The maximum Gasteiger partial charge on any atom is 0.348 e. The Labute approximate surface area is 93.6 Å². The van der Waals surface area contributed by atoms with Crippen LogP contribution >= 0.6 is 34.8 Å². The summed E-state index contributed by atoms with van der Waals surface area (Å²) in [5.74, 6) is 0. The molecule has 0 unspecified atom stereocenters. The molecule has 1 aromatic rings. The topological polar surface area (TPSA) is 0 Å². The summed E-state index contributed by atoms with van der Waals surface area (Å²) < 4.78 is 35.3. The molecule has 0 spiro atoms. The lowest BCUT2D eigenvalue weighted by atomic mass is 10.1. The van der Waals surface area contributed by atoms with E-state index in [1.54, 1.807) is 0 Å². The van der Waals surface area contributed by atoms with Gasteiger partial charge in [-0.05, 0) is 11.6 Å². The quantitative estimate of drug-likeness (QED) is 0.688. The first-order chi connectivity index (χ1) is 6.21. The van der Waals surface area contributed by atoms with Crippen LogP contribution in [-0.4, -0.2) is 0 Å². The summed E-state index contributed by atoms with van der Waals surface area (Å²) in [7, 11) is 0. The third-order valence-corrected chi connectivity index (χ3v) is 2.19. The SMILES string of the molecule is FC(F)(Cl)c1ccc(C(F)(Cl)Cl)cc1. The minimum atomic E-state index is -3.48. The molecule has 0 fully saturated rings. The Kier molecular flexibility index (Phi) is 3.24. The van der Waals surface area contributed by atoms with Crippen LogP contribution < -0.4 is 0 Å². The lowest BCUT2D eigenvalue weighted by molar-refractivity contribution is 0.0951. The van der Waals surface area contributed by atoms with Crippen LogP contribution in [0, 0.1) is 0 Å². The predicted molar refractivity (Wildman–Crippen MR) is 50.7 cm³/mol. The molecule has 0 amide bonds. The minimum absolute atomic E-state index is 0.120. The Morgan fingerprint density at radius 1 is 0.786 bits per heavy atom. The average Bonchev–Trinajstić information content (AvgIpc) is 2.01. The Balaban J connectivity index is 3.02. The van der Waals surface area contributed by atoms with E-state index in [2.05, 4.69) is 0 Å². The van der Waals surface area contributed by atoms with E-state index in [0.29, 0.717) is 0 Å². The lowest BCUT2D eigenvalue weighted by Gasteiger charge is -2.12. The predicted octanol–water partition coefficient (Wildman–Crippen LogP) is 4.53. The molecule has 78 valence electrons. The van der Waals surface area contributed by atoms with Crippen LogP contribution in [0.5, 0.6) is 0 Å². The fourth-order valence-electron chi connectivity index (χ4n) is 0.848. The average molecular weight is 263 g/mol. The first kappa shape index (κ1) is 12.0. The highest BCUT2D eigenvalue weighted by molar-refractivity contribution is 6.46. The van der Waals surface area contributed by atoms with E-state index >= 15 is 0 Å². The molecular formula is C8H4Cl3F3. The van der Waals surface area contributed by atoms with Gasteiger partial charge in [0, 0.05) is 11.1 Å². The van der Waals surface area contributed by atoms with Crippen LogP contribution in [0.25, 0.3) is 0 Å². The van der Waals surface area contributed by atoms with E-state index in [1.165, 1.54) is 0 Å². The van der Waals surface area contributed by atoms with Gasteiger partial charge >= 0.3 is 5.38 Å². The van der Waals surface area contributed by atoms with Gasteiger partial charge in [0.25, 0.3) is 4.59 Å². The zero-order chi connectivity index (χ0) is 11.0. The summed E-state index contributed by atoms with van der Waals surface area (Å²) in [5.41, 5.74) is -0.564. The third kappa shape index (κ3) is 2.94. The molecule has 0 aliphatic rings. The van der Waals surface area contributed by atoms with Crippen molar-refractivity contribution in [1.82, 2.24) is 0 Å². The molecule has 0 bridgehead atoms. The van der Waals surface area contributed by atoms with Crippen LogP contribution in [0.4, 0.5) is 13.2 Å². The summed E-state index contributed by atoms with van der Waals surface area (Å²) in [4.78, 5) is 0. The second-order valence-corrected chi connectivity index (χ2v) is 4.28. The largest absolute Gasteiger partial charge is 0.348 e. The highest BCUT2D eigenvalue weighted by atomic mass is 35.5. The normalized spacial score (nSPS) is 13.0. The Morgan fingerprint density at radius 3 is 1.43 bits per heavy atom. The van der Waals surface area contributed by atoms with Gasteiger partial charge in [0.15, 0.2) is 0 Å². The number of benzene rings is 1. The molecule has 1 rings (SSSR count). The van der Waals surface area contributed by atoms with Gasteiger partial charge < -0.3 is 0 Å². The molecule has 14 heavy (non-hydrogen) atoms. The van der Waals surface area contributed by atoms with Gasteiger partial charge in [-0.15, -0.1) is 0 Å². The van der Waals surface area contributed by atoms with Crippen LogP contribution in [0.1, 0.15) is 11.1 Å². The summed E-state index contributed by atoms with van der Waals surface area (Å²) in [6.07, 6.45) is 0. The van der Waals surface area contributed by atoms with E-state index < -0.39 is 15.5 Å². The minimum Gasteiger partial charge on any atom is -0.203 e. The summed E-state index contributed by atoms with van der Waals surface area (Å²) in [6.45, 7) is 0. The first-order valence-corrected chi connectivity index (χ1v) is 4.59. The van der Waals surface area contributed by atoms with Crippen molar-refractivity contribution in [2.24, 2.45) is 0 Å². The maximum atomic E-state index is 12.9. The van der Waals surface area contributed by atoms with Crippen molar-refractivity contribution >= 4 is 34.8 Å². The van der Waals surface area contributed by atoms with E-state index in [0.717, 1.165) is 24.3 Å². The molecule has 0 aromatic heterocycles. The molecular weight excluding hydrogens is 259 g/mol. The van der Waals surface area contributed by atoms with Gasteiger partial charge in [0.2, 0.25) is 0 Å². The van der Waals surface area contributed by atoms with Crippen LogP contribution in [0.2, 0.25) is 0 Å². The lowest BCUT2D eigenvalue weighted by Crippen LogP contribution is -2.06. The smallest absolute Gasteiger partial charge is 0.203 e. The summed E-state index contributed by atoms with van der Waals surface area (Å²) >= 11 is 14.9. The number of hydrogen-bond donors (Lipinski definition) is 0. The van der Waals surface area contributed by atoms with E-state index in [9.17, 15) is 13.2 Å². The Bertz CT molecular complexity index is 277. The molecule has 0 radical (unpaired) electrons. The fraction of sp³-hybridized carbons (Fsp3) is 0.250. The van der Waals surface area contributed by atoms with Gasteiger partial charge in [-0.25, -0.2) is 4.39 Å². The Morgan fingerprint density at radius 2 is 1.14 bits per heavy atom. The second kappa shape index (κ2) is 3.80. The molecule has 0 nitrogen and oxygen atoms in total. The first-order valence-electron chi connectivity index (χ1n) is 3.46. The molecule has 6 heteroatoms. The van der Waals surface area contributed by atoms with Crippen LogP contribution in [0.15, 0.2) is 24.3 Å². The van der Waals surface area contributed by atoms with Crippen molar-refractivity contribution in [3.8, 4) is 0 Å². The highest BCUT2D eigenvalue weighted by Gasteiger charge is 2.30. The molecule has 0 aliphatic carbocycles. The molecule has 0 heterocycles.